The minimum Gasteiger partial charge on any atom is -0.493 e. The van der Waals surface area contributed by atoms with Gasteiger partial charge in [-0.2, -0.15) is 0 Å². The van der Waals surface area contributed by atoms with E-state index in [0.717, 1.165) is 80.8 Å². The summed E-state index contributed by atoms with van der Waals surface area (Å²) < 4.78 is 34.2. The van der Waals surface area contributed by atoms with E-state index in [9.17, 15) is 9.59 Å². The van der Waals surface area contributed by atoms with Crippen LogP contribution in [0.4, 0.5) is 0 Å². The van der Waals surface area contributed by atoms with Crippen LogP contribution >= 0.6 is 24.8 Å². The third kappa shape index (κ3) is 12.2. The van der Waals surface area contributed by atoms with Crippen molar-refractivity contribution in [3.05, 3.63) is 83.9 Å². The Labute approximate surface area is 373 Å². The fourth-order valence-corrected chi connectivity index (χ4v) is 7.63. The van der Waals surface area contributed by atoms with Gasteiger partial charge in [0.15, 0.2) is 23.0 Å². The molecule has 2 aliphatic heterocycles. The molecule has 2 aliphatic rings. The Hall–Kier alpha value is -4.88. The molecule has 0 aliphatic carbocycles. The number of hydrogen-bond donors (Lipinski definition) is 0. The van der Waals surface area contributed by atoms with Crippen molar-refractivity contribution < 1.29 is 38.0 Å². The molecule has 4 aromatic carbocycles. The van der Waals surface area contributed by atoms with Gasteiger partial charge in [0.05, 0.1) is 41.7 Å². The lowest BCUT2D eigenvalue weighted by Gasteiger charge is -2.37. The first-order valence-corrected chi connectivity index (χ1v) is 20.8. The van der Waals surface area contributed by atoms with Crippen molar-refractivity contribution in [3.8, 4) is 56.8 Å². The van der Waals surface area contributed by atoms with Crippen molar-refractivity contribution in [1.29, 1.82) is 0 Å². The first-order chi connectivity index (χ1) is 28.8. The van der Waals surface area contributed by atoms with Gasteiger partial charge in [-0.25, -0.2) is 0 Å². The molecule has 2 heterocycles. The Morgan fingerprint density at radius 3 is 1.07 bits per heavy atom. The minimum atomic E-state index is 0. The fraction of sp³-hybridized carbons (Fsp3) is 0.447. The van der Waals surface area contributed by atoms with E-state index in [1.165, 1.54) is 0 Å². The highest BCUT2D eigenvalue weighted by atomic mass is 35.5. The Kier molecular flexibility index (Phi) is 19.1. The summed E-state index contributed by atoms with van der Waals surface area (Å²) in [6, 6.07) is 23.2. The maximum atomic E-state index is 13.4. The van der Waals surface area contributed by atoms with Crippen LogP contribution in [0.25, 0.3) is 22.3 Å². The second-order valence-corrected chi connectivity index (χ2v) is 14.9. The third-order valence-corrected chi connectivity index (χ3v) is 11.0. The van der Waals surface area contributed by atoms with Crippen LogP contribution in [0.3, 0.4) is 0 Å². The Bertz CT molecular complexity index is 1810. The number of benzene rings is 4. The van der Waals surface area contributed by atoms with Gasteiger partial charge in [-0.1, -0.05) is 38.1 Å². The number of piperazine rings is 2. The molecule has 0 spiro atoms. The first kappa shape index (κ1) is 48.8. The van der Waals surface area contributed by atoms with Crippen LogP contribution < -0.4 is 28.4 Å². The molecule has 0 atom stereocenters. The molecule has 0 N–H and O–H groups in total. The summed E-state index contributed by atoms with van der Waals surface area (Å²) in [6.07, 6.45) is 2.80. The van der Waals surface area contributed by atoms with E-state index in [2.05, 4.69) is 23.6 Å². The zero-order chi connectivity index (χ0) is 41.7. The topological polar surface area (TPSA) is 102 Å². The molecular formula is C47H62Cl2N4O8. The Balaban J connectivity index is 0.00000410. The molecule has 0 aromatic heterocycles. The van der Waals surface area contributed by atoms with Gasteiger partial charge in [-0.3, -0.25) is 19.4 Å². The summed E-state index contributed by atoms with van der Waals surface area (Å²) >= 11 is 0. The molecule has 0 radical (unpaired) electrons. The van der Waals surface area contributed by atoms with E-state index in [0.29, 0.717) is 85.0 Å². The van der Waals surface area contributed by atoms with Crippen LogP contribution in [-0.2, 0) is 0 Å². The van der Waals surface area contributed by atoms with Gasteiger partial charge in [0.2, 0.25) is 11.5 Å². The molecule has 61 heavy (non-hydrogen) atoms. The van der Waals surface area contributed by atoms with E-state index < -0.39 is 0 Å². The van der Waals surface area contributed by atoms with Gasteiger partial charge in [0, 0.05) is 63.5 Å². The SMILES string of the molecule is CCCOc1c(OC)cc(-c2ccc(C(=O)N3CCN(CCCN4CCN(C(=O)c5ccc(-c6cc(OC)c(OCCC)c(OC)c6)cc5)CC4)CC3)cc2)cc1OC.Cl.Cl. The number of carbonyl (C=O) groups excluding carboxylic acids is 2. The highest BCUT2D eigenvalue weighted by Gasteiger charge is 2.25. The van der Waals surface area contributed by atoms with Gasteiger partial charge in [0.1, 0.15) is 0 Å². The van der Waals surface area contributed by atoms with E-state index in [-0.39, 0.29) is 36.6 Å². The van der Waals surface area contributed by atoms with Crippen LogP contribution in [0.2, 0.25) is 0 Å². The molecule has 2 saturated heterocycles. The highest BCUT2D eigenvalue weighted by molar-refractivity contribution is 5.95. The number of carbonyl (C=O) groups is 2. The summed E-state index contributed by atoms with van der Waals surface area (Å²) in [7, 11) is 6.49. The van der Waals surface area contributed by atoms with Crippen LogP contribution in [0.1, 0.15) is 53.8 Å². The molecular weight excluding hydrogens is 819 g/mol. The van der Waals surface area contributed by atoms with Crippen LogP contribution in [-0.4, -0.2) is 139 Å². The Morgan fingerprint density at radius 2 is 0.787 bits per heavy atom. The molecule has 14 heteroatoms. The minimum absolute atomic E-state index is 0. The summed E-state index contributed by atoms with van der Waals surface area (Å²) in [5.74, 6) is 3.75. The number of hydrogen-bond acceptors (Lipinski definition) is 10. The molecule has 0 bridgehead atoms. The number of ether oxygens (including phenoxy) is 6. The molecule has 332 valence electrons. The lowest BCUT2D eigenvalue weighted by Crippen LogP contribution is -2.50. The predicted octanol–water partition coefficient (Wildman–Crippen LogP) is 8.08. The lowest BCUT2D eigenvalue weighted by molar-refractivity contribution is 0.0606. The zero-order valence-corrected chi connectivity index (χ0v) is 38.0. The lowest BCUT2D eigenvalue weighted by atomic mass is 10.0. The van der Waals surface area contributed by atoms with Crippen LogP contribution in [0.15, 0.2) is 72.8 Å². The quantitative estimate of drug-likeness (QED) is 0.0976. The maximum Gasteiger partial charge on any atom is 0.253 e. The largest absolute Gasteiger partial charge is 0.493 e. The average molecular weight is 882 g/mol. The van der Waals surface area contributed by atoms with Crippen molar-refractivity contribution in [1.82, 2.24) is 19.6 Å². The molecule has 0 saturated carbocycles. The number of nitrogens with zero attached hydrogens (tertiary/aromatic N) is 4. The van der Waals surface area contributed by atoms with Crippen molar-refractivity contribution in [2.24, 2.45) is 0 Å². The summed E-state index contributed by atoms with van der Waals surface area (Å²) in [5.41, 5.74) is 5.13. The predicted molar refractivity (Wildman–Crippen MR) is 245 cm³/mol. The maximum absolute atomic E-state index is 13.4. The summed E-state index contributed by atoms with van der Waals surface area (Å²) in [4.78, 5) is 35.7. The number of methoxy groups -OCH3 is 4. The standard InChI is InChI=1S/C47H60N4O8.2ClH/c1-7-28-58-44-40(54-3)30-38(31-41(44)55-4)34-10-14-36(15-11-34)46(52)50-24-20-48(21-25-50)18-9-19-49-22-26-51(27-23-49)47(53)37-16-12-35(13-17-37)39-32-42(56-5)45(59-29-8-2)43(33-39)57-6;;/h10-17,30-33H,7-9,18-29H2,1-6H3;2*1H. The summed E-state index contributed by atoms with van der Waals surface area (Å²) in [5, 5.41) is 0. The fourth-order valence-electron chi connectivity index (χ4n) is 7.63. The number of rotatable bonds is 18. The van der Waals surface area contributed by atoms with Crippen LogP contribution in [0, 0.1) is 0 Å². The smallest absolute Gasteiger partial charge is 0.253 e. The monoisotopic (exact) mass is 880 g/mol. The molecule has 6 rings (SSSR count). The summed E-state index contributed by atoms with van der Waals surface area (Å²) in [6.45, 7) is 13.5. The molecule has 12 nitrogen and oxygen atoms in total. The van der Waals surface area contributed by atoms with E-state index in [1.807, 2.05) is 82.6 Å². The van der Waals surface area contributed by atoms with Gasteiger partial charge >= 0.3 is 0 Å². The van der Waals surface area contributed by atoms with Crippen LogP contribution in [0.5, 0.6) is 34.5 Å². The van der Waals surface area contributed by atoms with Gasteiger partial charge in [0.25, 0.3) is 11.8 Å². The van der Waals surface area contributed by atoms with Crippen molar-refractivity contribution in [2.75, 3.05) is 107 Å². The first-order valence-electron chi connectivity index (χ1n) is 20.8. The van der Waals surface area contributed by atoms with Crippen molar-refractivity contribution in [2.45, 2.75) is 33.1 Å². The van der Waals surface area contributed by atoms with Gasteiger partial charge < -0.3 is 38.2 Å². The molecule has 2 fully saturated rings. The van der Waals surface area contributed by atoms with Gasteiger partial charge in [-0.05, 0) is 103 Å². The normalized spacial score (nSPS) is 14.3. The Morgan fingerprint density at radius 1 is 0.475 bits per heavy atom. The van der Waals surface area contributed by atoms with Gasteiger partial charge in [-0.15, -0.1) is 24.8 Å². The van der Waals surface area contributed by atoms with E-state index in [4.69, 9.17) is 28.4 Å². The van der Waals surface area contributed by atoms with Crippen molar-refractivity contribution >= 4 is 36.6 Å². The third-order valence-electron chi connectivity index (χ3n) is 11.0. The second kappa shape index (κ2) is 23.9. The molecule has 2 amide bonds. The average Bonchev–Trinajstić information content (AvgIpc) is 3.29. The molecule has 0 unspecified atom stereocenters. The number of amides is 2. The van der Waals surface area contributed by atoms with Crippen molar-refractivity contribution in [3.63, 3.8) is 0 Å². The number of halogens is 2. The van der Waals surface area contributed by atoms with E-state index >= 15 is 0 Å². The molecule has 4 aromatic rings. The second-order valence-electron chi connectivity index (χ2n) is 14.9. The van der Waals surface area contributed by atoms with E-state index in [1.54, 1.807) is 28.4 Å². The highest BCUT2D eigenvalue weighted by Crippen LogP contribution is 2.43. The zero-order valence-electron chi connectivity index (χ0n) is 36.4.